The Kier molecular flexibility index (Phi) is 6.07. The Morgan fingerprint density at radius 2 is 2.05 bits per heavy atom. The third kappa shape index (κ3) is 4.00. The summed E-state index contributed by atoms with van der Waals surface area (Å²) in [6.07, 6.45) is 7.19. The molecule has 0 saturated heterocycles. The molecule has 0 radical (unpaired) electrons. The SMILES string of the molecule is CCCn1cc(CNc2cn(C(C)C)nc2C)cn1.Cl. The van der Waals surface area contributed by atoms with Crippen LogP contribution in [0.5, 0.6) is 0 Å². The lowest BCUT2D eigenvalue weighted by molar-refractivity contribution is 0.529. The van der Waals surface area contributed by atoms with Crippen LogP contribution in [0.1, 0.15) is 44.5 Å². The summed E-state index contributed by atoms with van der Waals surface area (Å²) < 4.78 is 3.97. The predicted octanol–water partition coefficient (Wildman–Crippen LogP) is 3.41. The highest BCUT2D eigenvalue weighted by Gasteiger charge is 2.07. The lowest BCUT2D eigenvalue weighted by Gasteiger charge is -2.03. The fourth-order valence-electron chi connectivity index (χ4n) is 1.97. The highest BCUT2D eigenvalue weighted by atomic mass is 35.5. The molecule has 20 heavy (non-hydrogen) atoms. The molecule has 0 bridgehead atoms. The van der Waals surface area contributed by atoms with Gasteiger partial charge in [-0.2, -0.15) is 10.2 Å². The maximum absolute atomic E-state index is 4.49. The Hall–Kier alpha value is -1.49. The molecule has 0 spiro atoms. The summed E-state index contributed by atoms with van der Waals surface area (Å²) in [6, 6.07) is 0.390. The van der Waals surface area contributed by atoms with Crippen molar-refractivity contribution in [1.82, 2.24) is 19.6 Å². The summed E-state index contributed by atoms with van der Waals surface area (Å²) in [7, 11) is 0. The molecule has 2 heterocycles. The second-order valence-corrected chi connectivity index (χ2v) is 5.17. The Balaban J connectivity index is 0.00000200. The molecular weight excluding hydrogens is 274 g/mol. The van der Waals surface area contributed by atoms with Gasteiger partial charge in [0, 0.05) is 37.1 Å². The van der Waals surface area contributed by atoms with Gasteiger partial charge in [0.15, 0.2) is 0 Å². The maximum atomic E-state index is 4.49. The van der Waals surface area contributed by atoms with E-state index in [2.05, 4.69) is 48.7 Å². The van der Waals surface area contributed by atoms with Crippen LogP contribution in [0.3, 0.4) is 0 Å². The van der Waals surface area contributed by atoms with E-state index >= 15 is 0 Å². The Bertz CT molecular complexity index is 529. The fraction of sp³-hybridized carbons (Fsp3) is 0.571. The minimum atomic E-state index is 0. The van der Waals surface area contributed by atoms with Crippen molar-refractivity contribution in [3.63, 3.8) is 0 Å². The first-order valence-corrected chi connectivity index (χ1v) is 6.91. The van der Waals surface area contributed by atoms with Crippen molar-refractivity contribution in [2.24, 2.45) is 0 Å². The van der Waals surface area contributed by atoms with E-state index in [1.165, 1.54) is 5.56 Å². The zero-order chi connectivity index (χ0) is 13.8. The number of nitrogens with one attached hydrogen (secondary N) is 1. The molecule has 0 saturated carbocycles. The van der Waals surface area contributed by atoms with Crippen molar-refractivity contribution < 1.29 is 0 Å². The predicted molar refractivity (Wildman–Crippen MR) is 84.4 cm³/mol. The summed E-state index contributed by atoms with van der Waals surface area (Å²) in [5.74, 6) is 0. The first kappa shape index (κ1) is 16.6. The molecule has 0 aliphatic rings. The smallest absolute Gasteiger partial charge is 0.0825 e. The molecule has 0 aliphatic heterocycles. The van der Waals surface area contributed by atoms with Gasteiger partial charge in [0.25, 0.3) is 0 Å². The van der Waals surface area contributed by atoms with Gasteiger partial charge in [-0.1, -0.05) is 6.92 Å². The van der Waals surface area contributed by atoms with Crippen molar-refractivity contribution in [1.29, 1.82) is 0 Å². The van der Waals surface area contributed by atoms with E-state index < -0.39 is 0 Å². The molecule has 1 N–H and O–H groups in total. The minimum absolute atomic E-state index is 0. The quantitative estimate of drug-likeness (QED) is 0.889. The standard InChI is InChI=1S/C14H23N5.ClH/c1-5-6-18-9-13(8-16-18)7-15-14-10-19(11(2)3)17-12(14)4;/h8-11,15H,5-7H2,1-4H3;1H. The van der Waals surface area contributed by atoms with Gasteiger partial charge >= 0.3 is 0 Å². The zero-order valence-electron chi connectivity index (χ0n) is 12.6. The third-order valence-corrected chi connectivity index (χ3v) is 3.07. The monoisotopic (exact) mass is 297 g/mol. The number of hydrogen-bond acceptors (Lipinski definition) is 3. The van der Waals surface area contributed by atoms with Gasteiger partial charge in [-0.05, 0) is 27.2 Å². The topological polar surface area (TPSA) is 47.7 Å². The number of rotatable bonds is 6. The van der Waals surface area contributed by atoms with Gasteiger partial charge in [0.2, 0.25) is 0 Å². The van der Waals surface area contributed by atoms with Crippen molar-refractivity contribution in [2.75, 3.05) is 5.32 Å². The lowest BCUT2D eigenvalue weighted by Crippen LogP contribution is -2.01. The summed E-state index contributed by atoms with van der Waals surface area (Å²) in [5.41, 5.74) is 3.33. The number of aryl methyl sites for hydroxylation is 2. The molecular formula is C14H24ClN5. The van der Waals surface area contributed by atoms with Crippen molar-refractivity contribution in [3.05, 3.63) is 29.8 Å². The Morgan fingerprint density at radius 3 is 2.65 bits per heavy atom. The van der Waals surface area contributed by atoms with Crippen LogP contribution in [0.25, 0.3) is 0 Å². The molecule has 0 unspecified atom stereocenters. The average Bonchev–Trinajstić information content (AvgIpc) is 2.94. The molecule has 0 aromatic carbocycles. The van der Waals surface area contributed by atoms with Crippen molar-refractivity contribution in [2.45, 2.75) is 53.2 Å². The van der Waals surface area contributed by atoms with Gasteiger partial charge in [-0.3, -0.25) is 9.36 Å². The highest BCUT2D eigenvalue weighted by Crippen LogP contribution is 2.16. The highest BCUT2D eigenvalue weighted by molar-refractivity contribution is 5.85. The molecule has 2 rings (SSSR count). The van der Waals surface area contributed by atoms with Gasteiger partial charge in [-0.15, -0.1) is 12.4 Å². The molecule has 2 aromatic heterocycles. The molecule has 2 aromatic rings. The summed E-state index contributed by atoms with van der Waals surface area (Å²) in [6.45, 7) is 10.2. The van der Waals surface area contributed by atoms with E-state index in [1.807, 2.05) is 22.5 Å². The molecule has 0 amide bonds. The number of anilines is 1. The van der Waals surface area contributed by atoms with Gasteiger partial charge < -0.3 is 5.32 Å². The molecule has 0 fully saturated rings. The summed E-state index contributed by atoms with van der Waals surface area (Å²) in [4.78, 5) is 0. The number of nitrogens with zero attached hydrogens (tertiary/aromatic N) is 4. The molecule has 6 heteroatoms. The minimum Gasteiger partial charge on any atom is -0.378 e. The first-order chi connectivity index (χ1) is 9.10. The van der Waals surface area contributed by atoms with Crippen LogP contribution >= 0.6 is 12.4 Å². The summed E-state index contributed by atoms with van der Waals surface area (Å²) in [5, 5.41) is 12.2. The summed E-state index contributed by atoms with van der Waals surface area (Å²) >= 11 is 0. The van der Waals surface area contributed by atoms with E-state index in [1.54, 1.807) is 0 Å². The molecule has 5 nitrogen and oxygen atoms in total. The van der Waals surface area contributed by atoms with E-state index in [-0.39, 0.29) is 12.4 Å². The second-order valence-electron chi connectivity index (χ2n) is 5.17. The Morgan fingerprint density at radius 1 is 1.30 bits per heavy atom. The van der Waals surface area contributed by atoms with Crippen LogP contribution in [0, 0.1) is 6.92 Å². The molecule has 0 atom stereocenters. The number of halogens is 1. The van der Waals surface area contributed by atoms with Crippen LogP contribution in [-0.4, -0.2) is 19.6 Å². The van der Waals surface area contributed by atoms with E-state index in [4.69, 9.17) is 0 Å². The van der Waals surface area contributed by atoms with Crippen LogP contribution < -0.4 is 5.32 Å². The number of aromatic nitrogens is 4. The maximum Gasteiger partial charge on any atom is 0.0825 e. The van der Waals surface area contributed by atoms with E-state index in [0.717, 1.165) is 30.9 Å². The lowest BCUT2D eigenvalue weighted by atomic mass is 10.3. The van der Waals surface area contributed by atoms with Crippen LogP contribution in [0.15, 0.2) is 18.6 Å². The fourth-order valence-corrected chi connectivity index (χ4v) is 1.97. The van der Waals surface area contributed by atoms with Gasteiger partial charge in [-0.25, -0.2) is 0 Å². The van der Waals surface area contributed by atoms with Crippen LogP contribution in [-0.2, 0) is 13.1 Å². The van der Waals surface area contributed by atoms with Crippen molar-refractivity contribution >= 4 is 18.1 Å². The first-order valence-electron chi connectivity index (χ1n) is 6.91. The second kappa shape index (κ2) is 7.33. The van der Waals surface area contributed by atoms with Crippen molar-refractivity contribution in [3.8, 4) is 0 Å². The van der Waals surface area contributed by atoms with Gasteiger partial charge in [0.05, 0.1) is 17.6 Å². The molecule has 0 aliphatic carbocycles. The molecule has 112 valence electrons. The number of hydrogen-bond donors (Lipinski definition) is 1. The zero-order valence-corrected chi connectivity index (χ0v) is 13.4. The Labute approximate surface area is 126 Å². The van der Waals surface area contributed by atoms with Crippen LogP contribution in [0.4, 0.5) is 5.69 Å². The average molecular weight is 298 g/mol. The third-order valence-electron chi connectivity index (χ3n) is 3.07. The van der Waals surface area contributed by atoms with Crippen LogP contribution in [0.2, 0.25) is 0 Å². The van der Waals surface area contributed by atoms with Gasteiger partial charge in [0.1, 0.15) is 0 Å². The van der Waals surface area contributed by atoms with E-state index in [0.29, 0.717) is 6.04 Å². The normalized spacial score (nSPS) is 10.7. The largest absolute Gasteiger partial charge is 0.378 e. The van der Waals surface area contributed by atoms with E-state index in [9.17, 15) is 0 Å².